The Hall–Kier alpha value is -2.24. The molecule has 1 aromatic carbocycles. The first kappa shape index (κ1) is 14.7. The zero-order chi connectivity index (χ0) is 15.9. The van der Waals surface area contributed by atoms with Crippen LogP contribution in [0.15, 0.2) is 18.2 Å². The normalized spacial score (nSPS) is 21.5. The molecule has 22 heavy (non-hydrogen) atoms. The Labute approximate surface area is 129 Å². The van der Waals surface area contributed by atoms with E-state index < -0.39 is 6.17 Å². The standard InChI is InChI=1S/C16H20FN5/c1-8-4-5-11-7-9(2)13(12(11)6-8)19-16-21-14(10(3)17)20-15(18)22-16/h4-6,9-10,13H,7H2,1-3H3,(H3,18,19,20,21,22)/t9-,10?,13-/m1/s1. The number of fused-ring (bicyclic) bond motifs is 1. The summed E-state index contributed by atoms with van der Waals surface area (Å²) in [5.74, 6) is 0.830. The number of alkyl halides is 1. The lowest BCUT2D eigenvalue weighted by molar-refractivity contribution is 0.356. The van der Waals surface area contributed by atoms with Gasteiger partial charge in [0, 0.05) is 0 Å². The van der Waals surface area contributed by atoms with Crippen LogP contribution in [-0.2, 0) is 6.42 Å². The summed E-state index contributed by atoms with van der Waals surface area (Å²) in [4.78, 5) is 12.1. The highest BCUT2D eigenvalue weighted by Crippen LogP contribution is 2.38. The predicted octanol–water partition coefficient (Wildman–Crippen LogP) is 3.14. The largest absolute Gasteiger partial charge is 0.368 e. The van der Waals surface area contributed by atoms with Crippen molar-refractivity contribution in [2.45, 2.75) is 39.4 Å². The summed E-state index contributed by atoms with van der Waals surface area (Å²) in [7, 11) is 0. The first-order valence-corrected chi connectivity index (χ1v) is 7.45. The van der Waals surface area contributed by atoms with Crippen LogP contribution in [0.4, 0.5) is 16.3 Å². The monoisotopic (exact) mass is 301 g/mol. The van der Waals surface area contributed by atoms with E-state index in [0.717, 1.165) is 6.42 Å². The van der Waals surface area contributed by atoms with Crippen molar-refractivity contribution in [3.05, 3.63) is 40.7 Å². The van der Waals surface area contributed by atoms with Gasteiger partial charge in [0.2, 0.25) is 11.9 Å². The van der Waals surface area contributed by atoms with Crippen LogP contribution in [0.3, 0.4) is 0 Å². The van der Waals surface area contributed by atoms with Crippen LogP contribution in [0.25, 0.3) is 0 Å². The Kier molecular flexibility index (Phi) is 3.68. The number of halogens is 1. The van der Waals surface area contributed by atoms with Gasteiger partial charge in [-0.1, -0.05) is 30.7 Å². The van der Waals surface area contributed by atoms with Crippen LogP contribution < -0.4 is 11.1 Å². The van der Waals surface area contributed by atoms with Gasteiger partial charge in [-0.2, -0.15) is 15.0 Å². The molecule has 2 aromatic rings. The molecule has 0 amide bonds. The number of hydrogen-bond acceptors (Lipinski definition) is 5. The van der Waals surface area contributed by atoms with Crippen LogP contribution in [0, 0.1) is 12.8 Å². The Morgan fingerprint density at radius 3 is 2.82 bits per heavy atom. The highest BCUT2D eigenvalue weighted by molar-refractivity contribution is 5.44. The van der Waals surface area contributed by atoms with Gasteiger partial charge in [-0.05, 0) is 37.3 Å². The number of nitrogens with two attached hydrogens (primary N) is 1. The lowest BCUT2D eigenvalue weighted by Gasteiger charge is -2.19. The molecule has 0 saturated carbocycles. The molecule has 3 N–H and O–H groups in total. The summed E-state index contributed by atoms with van der Waals surface area (Å²) >= 11 is 0. The number of benzene rings is 1. The molecular weight excluding hydrogens is 281 g/mol. The number of nitrogens with one attached hydrogen (secondary N) is 1. The fourth-order valence-corrected chi connectivity index (χ4v) is 2.97. The fraction of sp³-hybridized carbons (Fsp3) is 0.438. The van der Waals surface area contributed by atoms with E-state index in [9.17, 15) is 4.39 Å². The van der Waals surface area contributed by atoms with Crippen molar-refractivity contribution in [3.8, 4) is 0 Å². The quantitative estimate of drug-likeness (QED) is 0.910. The summed E-state index contributed by atoms with van der Waals surface area (Å²) in [5, 5.41) is 3.30. The molecule has 1 heterocycles. The molecule has 0 bridgehead atoms. The number of anilines is 2. The summed E-state index contributed by atoms with van der Waals surface area (Å²) in [5.41, 5.74) is 9.45. The minimum atomic E-state index is -1.28. The third kappa shape index (κ3) is 2.73. The van der Waals surface area contributed by atoms with Gasteiger partial charge >= 0.3 is 0 Å². The molecule has 0 aliphatic heterocycles. The van der Waals surface area contributed by atoms with E-state index in [-0.39, 0.29) is 17.8 Å². The molecular formula is C16H20FN5. The number of rotatable bonds is 3. The molecule has 116 valence electrons. The lowest BCUT2D eigenvalue weighted by Crippen LogP contribution is -2.18. The molecule has 3 atom stereocenters. The topological polar surface area (TPSA) is 76.7 Å². The summed E-state index contributed by atoms with van der Waals surface area (Å²) in [6.07, 6.45) is -0.276. The first-order valence-electron chi connectivity index (χ1n) is 7.45. The van der Waals surface area contributed by atoms with Crippen LogP contribution in [0.2, 0.25) is 0 Å². The van der Waals surface area contributed by atoms with Crippen molar-refractivity contribution in [1.82, 2.24) is 15.0 Å². The van der Waals surface area contributed by atoms with Gasteiger partial charge in [-0.15, -0.1) is 0 Å². The van der Waals surface area contributed by atoms with Crippen LogP contribution in [-0.4, -0.2) is 15.0 Å². The van der Waals surface area contributed by atoms with Gasteiger partial charge in [0.1, 0.15) is 0 Å². The molecule has 6 heteroatoms. The van der Waals surface area contributed by atoms with Crippen molar-refractivity contribution in [3.63, 3.8) is 0 Å². The van der Waals surface area contributed by atoms with Gasteiger partial charge in [0.25, 0.3) is 0 Å². The van der Waals surface area contributed by atoms with Crippen molar-refractivity contribution in [2.75, 3.05) is 11.1 Å². The van der Waals surface area contributed by atoms with E-state index in [2.05, 4.69) is 52.3 Å². The average molecular weight is 301 g/mol. The van der Waals surface area contributed by atoms with E-state index in [0.29, 0.717) is 11.9 Å². The van der Waals surface area contributed by atoms with Crippen LogP contribution >= 0.6 is 0 Å². The van der Waals surface area contributed by atoms with Gasteiger partial charge in [0.15, 0.2) is 12.0 Å². The second kappa shape index (κ2) is 5.51. The predicted molar refractivity (Wildman–Crippen MR) is 84.2 cm³/mol. The maximum atomic E-state index is 13.4. The first-order chi connectivity index (χ1) is 10.4. The number of nitrogen functional groups attached to an aromatic ring is 1. The molecule has 5 nitrogen and oxygen atoms in total. The third-order valence-corrected chi connectivity index (χ3v) is 4.06. The highest BCUT2D eigenvalue weighted by Gasteiger charge is 2.30. The molecule has 0 saturated heterocycles. The number of hydrogen-bond donors (Lipinski definition) is 2. The zero-order valence-corrected chi connectivity index (χ0v) is 13.0. The van der Waals surface area contributed by atoms with E-state index >= 15 is 0 Å². The van der Waals surface area contributed by atoms with Gasteiger partial charge in [-0.25, -0.2) is 4.39 Å². The van der Waals surface area contributed by atoms with Crippen molar-refractivity contribution >= 4 is 11.9 Å². The smallest absolute Gasteiger partial charge is 0.228 e. The van der Waals surface area contributed by atoms with E-state index in [1.165, 1.54) is 23.6 Å². The Balaban J connectivity index is 1.92. The molecule has 1 aliphatic rings. The Morgan fingerprint density at radius 2 is 2.09 bits per heavy atom. The molecule has 0 fully saturated rings. The summed E-state index contributed by atoms with van der Waals surface area (Å²) < 4.78 is 13.4. The van der Waals surface area contributed by atoms with Gasteiger partial charge in [-0.3, -0.25) is 0 Å². The molecule has 3 rings (SSSR count). The average Bonchev–Trinajstić information content (AvgIpc) is 2.74. The second-order valence-corrected chi connectivity index (χ2v) is 6.00. The minimum absolute atomic E-state index is 0.0344. The molecule has 1 unspecified atom stereocenters. The van der Waals surface area contributed by atoms with Crippen molar-refractivity contribution in [1.29, 1.82) is 0 Å². The Bertz CT molecular complexity index is 701. The van der Waals surface area contributed by atoms with E-state index in [1.807, 2.05) is 0 Å². The third-order valence-electron chi connectivity index (χ3n) is 4.06. The number of aromatic nitrogens is 3. The fourth-order valence-electron chi connectivity index (χ4n) is 2.97. The Morgan fingerprint density at radius 1 is 1.32 bits per heavy atom. The van der Waals surface area contributed by atoms with Crippen molar-refractivity contribution in [2.24, 2.45) is 5.92 Å². The molecule has 1 aliphatic carbocycles. The van der Waals surface area contributed by atoms with Crippen LogP contribution in [0.1, 0.15) is 48.6 Å². The summed E-state index contributed by atoms with van der Waals surface area (Å²) in [6.45, 7) is 5.63. The number of aryl methyl sites for hydroxylation is 1. The second-order valence-electron chi connectivity index (χ2n) is 6.00. The zero-order valence-electron chi connectivity index (χ0n) is 13.0. The van der Waals surface area contributed by atoms with Gasteiger partial charge < -0.3 is 11.1 Å². The van der Waals surface area contributed by atoms with Crippen molar-refractivity contribution < 1.29 is 4.39 Å². The molecule has 0 radical (unpaired) electrons. The minimum Gasteiger partial charge on any atom is -0.368 e. The van der Waals surface area contributed by atoms with Crippen LogP contribution in [0.5, 0.6) is 0 Å². The highest BCUT2D eigenvalue weighted by atomic mass is 19.1. The molecule has 1 aromatic heterocycles. The lowest BCUT2D eigenvalue weighted by atomic mass is 10.0. The maximum absolute atomic E-state index is 13.4. The maximum Gasteiger partial charge on any atom is 0.228 e. The molecule has 0 spiro atoms. The van der Waals surface area contributed by atoms with Gasteiger partial charge in [0.05, 0.1) is 6.04 Å². The summed E-state index contributed by atoms with van der Waals surface area (Å²) in [6, 6.07) is 6.57. The van der Waals surface area contributed by atoms with E-state index in [4.69, 9.17) is 5.73 Å². The van der Waals surface area contributed by atoms with E-state index in [1.54, 1.807) is 0 Å². The SMILES string of the molecule is Cc1ccc2c(c1)[C@H](Nc1nc(N)nc(C(C)F)n1)[C@H](C)C2. The number of nitrogens with zero attached hydrogens (tertiary/aromatic N) is 3.